The molecule has 0 aliphatic heterocycles. The standard InChI is InChI=1S/C27H26N2O/c1-16-6-9-21(19(4)12-16)24-15-25(22-10-7-17(2)13-20(22)5)29-27(28-24)23-11-8-18(3)14-26(23)30/h6-15,30H,1-5H3. The van der Waals surface area contributed by atoms with Gasteiger partial charge in [-0.25, -0.2) is 9.97 Å². The minimum atomic E-state index is 0.194. The molecule has 0 bridgehead atoms. The minimum Gasteiger partial charge on any atom is -0.507 e. The lowest BCUT2D eigenvalue weighted by Gasteiger charge is -2.13. The molecular weight excluding hydrogens is 368 g/mol. The summed E-state index contributed by atoms with van der Waals surface area (Å²) in [6.07, 6.45) is 0. The molecule has 150 valence electrons. The summed E-state index contributed by atoms with van der Waals surface area (Å²) in [6.45, 7) is 10.3. The number of phenols is 1. The van der Waals surface area contributed by atoms with Gasteiger partial charge in [0.15, 0.2) is 5.82 Å². The molecule has 0 saturated carbocycles. The number of hydrogen-bond donors (Lipinski definition) is 1. The van der Waals surface area contributed by atoms with Crippen LogP contribution < -0.4 is 0 Å². The van der Waals surface area contributed by atoms with Gasteiger partial charge in [0.05, 0.1) is 17.0 Å². The van der Waals surface area contributed by atoms with Crippen molar-refractivity contribution in [1.29, 1.82) is 0 Å². The first-order chi connectivity index (χ1) is 14.3. The van der Waals surface area contributed by atoms with Crippen LogP contribution in [0.5, 0.6) is 5.75 Å². The molecule has 0 amide bonds. The molecule has 3 nitrogen and oxygen atoms in total. The van der Waals surface area contributed by atoms with Crippen molar-refractivity contribution >= 4 is 0 Å². The maximum absolute atomic E-state index is 10.6. The van der Waals surface area contributed by atoms with Crippen molar-refractivity contribution in [3.63, 3.8) is 0 Å². The van der Waals surface area contributed by atoms with Gasteiger partial charge in [0, 0.05) is 11.1 Å². The molecule has 0 spiro atoms. The van der Waals surface area contributed by atoms with Gasteiger partial charge in [-0.2, -0.15) is 0 Å². The van der Waals surface area contributed by atoms with E-state index in [2.05, 4.69) is 64.1 Å². The van der Waals surface area contributed by atoms with Crippen LogP contribution in [0.25, 0.3) is 33.9 Å². The molecule has 4 aromatic rings. The van der Waals surface area contributed by atoms with E-state index in [4.69, 9.17) is 9.97 Å². The molecule has 0 saturated heterocycles. The quantitative estimate of drug-likeness (QED) is 0.419. The Kier molecular flexibility index (Phi) is 5.13. The normalized spacial score (nSPS) is 11.0. The number of phenolic OH excluding ortho intramolecular Hbond substituents is 1. The lowest BCUT2D eigenvalue weighted by atomic mass is 9.98. The van der Waals surface area contributed by atoms with Gasteiger partial charge >= 0.3 is 0 Å². The van der Waals surface area contributed by atoms with Crippen molar-refractivity contribution in [3.05, 3.63) is 88.5 Å². The molecular formula is C27H26N2O. The molecule has 4 rings (SSSR count). The molecule has 0 atom stereocenters. The Balaban J connectivity index is 1.98. The van der Waals surface area contributed by atoms with Crippen LogP contribution in [-0.4, -0.2) is 15.1 Å². The highest BCUT2D eigenvalue weighted by molar-refractivity contribution is 5.76. The van der Waals surface area contributed by atoms with Crippen LogP contribution in [0.4, 0.5) is 0 Å². The number of aromatic nitrogens is 2. The number of rotatable bonds is 3. The van der Waals surface area contributed by atoms with Gasteiger partial charge in [-0.3, -0.25) is 0 Å². The summed E-state index contributed by atoms with van der Waals surface area (Å²) in [7, 11) is 0. The van der Waals surface area contributed by atoms with E-state index in [1.807, 2.05) is 25.1 Å². The number of nitrogens with zero attached hydrogens (tertiary/aromatic N) is 2. The molecule has 1 heterocycles. The van der Waals surface area contributed by atoms with Crippen LogP contribution in [0.3, 0.4) is 0 Å². The Bertz CT molecular complexity index is 1090. The van der Waals surface area contributed by atoms with E-state index in [1.165, 1.54) is 22.3 Å². The van der Waals surface area contributed by atoms with E-state index in [9.17, 15) is 5.11 Å². The number of aryl methyl sites for hydroxylation is 5. The topological polar surface area (TPSA) is 46.0 Å². The van der Waals surface area contributed by atoms with Gasteiger partial charge < -0.3 is 5.11 Å². The van der Waals surface area contributed by atoms with Crippen LogP contribution in [0.2, 0.25) is 0 Å². The summed E-state index contributed by atoms with van der Waals surface area (Å²) < 4.78 is 0. The highest BCUT2D eigenvalue weighted by Crippen LogP contribution is 2.34. The van der Waals surface area contributed by atoms with Gasteiger partial charge in [-0.15, -0.1) is 0 Å². The first-order valence-corrected chi connectivity index (χ1v) is 10.2. The van der Waals surface area contributed by atoms with Gasteiger partial charge in [0.1, 0.15) is 5.75 Å². The fourth-order valence-electron chi connectivity index (χ4n) is 3.88. The summed E-state index contributed by atoms with van der Waals surface area (Å²) >= 11 is 0. The second-order valence-corrected chi connectivity index (χ2v) is 8.12. The van der Waals surface area contributed by atoms with E-state index >= 15 is 0 Å². The average Bonchev–Trinajstić information content (AvgIpc) is 2.67. The third-order valence-corrected chi connectivity index (χ3v) is 5.44. The highest BCUT2D eigenvalue weighted by atomic mass is 16.3. The van der Waals surface area contributed by atoms with Gasteiger partial charge in [0.25, 0.3) is 0 Å². The van der Waals surface area contributed by atoms with Crippen LogP contribution >= 0.6 is 0 Å². The molecule has 0 aliphatic carbocycles. The Morgan fingerprint density at radius 1 is 0.533 bits per heavy atom. The van der Waals surface area contributed by atoms with Gasteiger partial charge in [-0.1, -0.05) is 53.6 Å². The molecule has 30 heavy (non-hydrogen) atoms. The summed E-state index contributed by atoms with van der Waals surface area (Å²) in [5.41, 5.74) is 10.3. The average molecular weight is 395 g/mol. The highest BCUT2D eigenvalue weighted by Gasteiger charge is 2.15. The fourth-order valence-corrected chi connectivity index (χ4v) is 3.88. The van der Waals surface area contributed by atoms with Crippen LogP contribution in [0, 0.1) is 34.6 Å². The SMILES string of the molecule is Cc1ccc(-c2cc(-c3ccc(C)cc3C)nc(-c3ccc(C)cc3O)n2)c(C)c1. The third kappa shape index (κ3) is 3.84. The zero-order valence-electron chi connectivity index (χ0n) is 18.1. The largest absolute Gasteiger partial charge is 0.507 e. The van der Waals surface area contributed by atoms with Crippen molar-refractivity contribution in [1.82, 2.24) is 9.97 Å². The zero-order valence-corrected chi connectivity index (χ0v) is 18.1. The number of hydrogen-bond acceptors (Lipinski definition) is 3. The van der Waals surface area contributed by atoms with Crippen LogP contribution in [0.1, 0.15) is 27.8 Å². The maximum atomic E-state index is 10.6. The fraction of sp³-hybridized carbons (Fsp3) is 0.185. The number of aromatic hydroxyl groups is 1. The molecule has 0 aliphatic rings. The summed E-state index contributed by atoms with van der Waals surface area (Å²) in [5, 5.41) is 10.6. The predicted molar refractivity (Wildman–Crippen MR) is 124 cm³/mol. The van der Waals surface area contributed by atoms with Crippen molar-refractivity contribution in [2.24, 2.45) is 0 Å². The Morgan fingerprint density at radius 3 is 1.40 bits per heavy atom. The first-order valence-electron chi connectivity index (χ1n) is 10.2. The van der Waals surface area contributed by atoms with E-state index in [0.717, 1.165) is 28.1 Å². The van der Waals surface area contributed by atoms with E-state index < -0.39 is 0 Å². The summed E-state index contributed by atoms with van der Waals surface area (Å²) in [4.78, 5) is 9.71. The summed E-state index contributed by atoms with van der Waals surface area (Å²) in [5.74, 6) is 0.722. The zero-order chi connectivity index (χ0) is 21.4. The van der Waals surface area contributed by atoms with E-state index in [-0.39, 0.29) is 5.75 Å². The van der Waals surface area contributed by atoms with Crippen molar-refractivity contribution in [3.8, 4) is 39.7 Å². The van der Waals surface area contributed by atoms with Crippen molar-refractivity contribution in [2.45, 2.75) is 34.6 Å². The molecule has 3 heteroatoms. The molecule has 0 radical (unpaired) electrons. The molecule has 0 unspecified atom stereocenters. The van der Waals surface area contributed by atoms with Gasteiger partial charge in [0.2, 0.25) is 0 Å². The molecule has 1 aromatic heterocycles. The number of benzene rings is 3. The lowest BCUT2D eigenvalue weighted by Crippen LogP contribution is -1.98. The molecule has 1 N–H and O–H groups in total. The predicted octanol–water partition coefficient (Wildman–Crippen LogP) is 6.73. The van der Waals surface area contributed by atoms with Gasteiger partial charge in [-0.05, 0) is 69.5 Å². The van der Waals surface area contributed by atoms with E-state index in [0.29, 0.717) is 11.4 Å². The smallest absolute Gasteiger partial charge is 0.164 e. The molecule has 3 aromatic carbocycles. The van der Waals surface area contributed by atoms with E-state index in [1.54, 1.807) is 6.07 Å². The lowest BCUT2D eigenvalue weighted by molar-refractivity contribution is 0.476. The Morgan fingerprint density at radius 2 is 0.967 bits per heavy atom. The third-order valence-electron chi connectivity index (χ3n) is 5.44. The Labute approximate surface area is 178 Å². The maximum Gasteiger partial charge on any atom is 0.164 e. The second kappa shape index (κ2) is 7.75. The minimum absolute atomic E-state index is 0.194. The van der Waals surface area contributed by atoms with Crippen molar-refractivity contribution < 1.29 is 5.11 Å². The van der Waals surface area contributed by atoms with Crippen molar-refractivity contribution in [2.75, 3.05) is 0 Å². The Hall–Kier alpha value is -3.46. The monoisotopic (exact) mass is 394 g/mol. The van der Waals surface area contributed by atoms with Crippen LogP contribution in [-0.2, 0) is 0 Å². The second-order valence-electron chi connectivity index (χ2n) is 8.12. The summed E-state index contributed by atoms with van der Waals surface area (Å²) in [6, 6.07) is 20.4. The first kappa shape index (κ1) is 19.8. The van der Waals surface area contributed by atoms with Crippen LogP contribution in [0.15, 0.2) is 60.7 Å². The molecule has 0 fully saturated rings.